The fourth-order valence-electron chi connectivity index (χ4n) is 1.49. The van der Waals surface area contributed by atoms with Crippen LogP contribution in [0.1, 0.15) is 58.8 Å². The van der Waals surface area contributed by atoms with Crippen LogP contribution in [0, 0.1) is 0 Å². The van der Waals surface area contributed by atoms with Crippen molar-refractivity contribution < 1.29 is 5.11 Å². The molecule has 0 amide bonds. The van der Waals surface area contributed by atoms with Crippen molar-refractivity contribution in [1.29, 1.82) is 0 Å². The van der Waals surface area contributed by atoms with E-state index < -0.39 is 0 Å². The molecule has 0 aliphatic rings. The van der Waals surface area contributed by atoms with Crippen LogP contribution in [0.5, 0.6) is 0 Å². The molecular weight excluding hydrogens is 186 g/mol. The topological polar surface area (TPSA) is 46.2 Å². The summed E-state index contributed by atoms with van der Waals surface area (Å²) < 4.78 is 0. The zero-order valence-electron chi connectivity index (χ0n) is 10.3. The minimum absolute atomic E-state index is 0.118. The molecule has 0 saturated carbocycles. The van der Waals surface area contributed by atoms with Gasteiger partial charge in [0.2, 0.25) is 0 Å². The van der Waals surface area contributed by atoms with Crippen molar-refractivity contribution in [3.8, 4) is 0 Å². The second kappa shape index (κ2) is 10.2. The molecule has 0 saturated heterocycles. The fourth-order valence-corrected chi connectivity index (χ4v) is 1.49. The summed E-state index contributed by atoms with van der Waals surface area (Å²) in [4.78, 5) is 0. The van der Waals surface area contributed by atoms with Gasteiger partial charge >= 0.3 is 0 Å². The Labute approximate surface area is 94.6 Å². The molecular formula is C13H27NO. The maximum atomic E-state index is 9.31. The Morgan fingerprint density at radius 1 is 1.07 bits per heavy atom. The van der Waals surface area contributed by atoms with Crippen LogP contribution in [0.4, 0.5) is 0 Å². The van der Waals surface area contributed by atoms with E-state index in [1.165, 1.54) is 32.1 Å². The monoisotopic (exact) mass is 213 g/mol. The Kier molecular flexibility index (Phi) is 9.96. The van der Waals surface area contributed by atoms with E-state index in [1.807, 2.05) is 19.1 Å². The van der Waals surface area contributed by atoms with Crippen LogP contribution in [-0.2, 0) is 0 Å². The highest BCUT2D eigenvalue weighted by Gasteiger charge is 1.99. The molecule has 0 rings (SSSR count). The van der Waals surface area contributed by atoms with Gasteiger partial charge in [0.25, 0.3) is 0 Å². The summed E-state index contributed by atoms with van der Waals surface area (Å²) in [5.74, 6) is 0. The molecule has 2 unspecified atom stereocenters. The van der Waals surface area contributed by atoms with E-state index in [1.54, 1.807) is 0 Å². The van der Waals surface area contributed by atoms with Crippen LogP contribution < -0.4 is 5.73 Å². The second-order valence-corrected chi connectivity index (χ2v) is 4.23. The van der Waals surface area contributed by atoms with Gasteiger partial charge in [-0.1, -0.05) is 58.1 Å². The fraction of sp³-hybridized carbons (Fsp3) is 0.846. The molecule has 0 aromatic carbocycles. The molecule has 0 aliphatic carbocycles. The first kappa shape index (κ1) is 14.7. The SMILES string of the molecule is CCCCCCCC(N)/C=C\C(O)CC. The number of rotatable bonds is 9. The van der Waals surface area contributed by atoms with Gasteiger partial charge in [-0.15, -0.1) is 0 Å². The first-order valence-corrected chi connectivity index (χ1v) is 6.32. The lowest BCUT2D eigenvalue weighted by molar-refractivity contribution is 0.218. The van der Waals surface area contributed by atoms with Gasteiger partial charge in [0.1, 0.15) is 0 Å². The number of aliphatic hydroxyl groups is 1. The summed E-state index contributed by atoms with van der Waals surface area (Å²) in [5, 5.41) is 9.31. The van der Waals surface area contributed by atoms with Crippen molar-refractivity contribution >= 4 is 0 Å². The summed E-state index contributed by atoms with van der Waals surface area (Å²) in [6.45, 7) is 4.19. The highest BCUT2D eigenvalue weighted by atomic mass is 16.3. The van der Waals surface area contributed by atoms with E-state index in [4.69, 9.17) is 5.73 Å². The largest absolute Gasteiger partial charge is 0.389 e. The van der Waals surface area contributed by atoms with Crippen LogP contribution in [0.25, 0.3) is 0 Å². The maximum Gasteiger partial charge on any atom is 0.0718 e. The lowest BCUT2D eigenvalue weighted by atomic mass is 10.1. The van der Waals surface area contributed by atoms with Crippen molar-refractivity contribution in [2.45, 2.75) is 70.9 Å². The average Bonchev–Trinajstić information content (AvgIpc) is 2.25. The van der Waals surface area contributed by atoms with Gasteiger partial charge in [0.15, 0.2) is 0 Å². The van der Waals surface area contributed by atoms with Gasteiger partial charge in [-0.3, -0.25) is 0 Å². The predicted molar refractivity (Wildman–Crippen MR) is 66.8 cm³/mol. The smallest absolute Gasteiger partial charge is 0.0718 e. The van der Waals surface area contributed by atoms with E-state index in [0.29, 0.717) is 0 Å². The number of unbranched alkanes of at least 4 members (excludes halogenated alkanes) is 4. The highest BCUT2D eigenvalue weighted by Crippen LogP contribution is 2.07. The first-order chi connectivity index (χ1) is 7.20. The average molecular weight is 213 g/mol. The number of hydrogen-bond acceptors (Lipinski definition) is 2. The lowest BCUT2D eigenvalue weighted by Gasteiger charge is -2.07. The minimum Gasteiger partial charge on any atom is -0.389 e. The number of nitrogens with two attached hydrogens (primary N) is 1. The quantitative estimate of drug-likeness (QED) is 0.457. The van der Waals surface area contributed by atoms with E-state index in [-0.39, 0.29) is 12.1 Å². The van der Waals surface area contributed by atoms with E-state index in [9.17, 15) is 5.11 Å². The molecule has 90 valence electrons. The Balaban J connectivity index is 3.40. The van der Waals surface area contributed by atoms with Gasteiger partial charge in [0, 0.05) is 6.04 Å². The predicted octanol–water partition coefficient (Wildman–Crippen LogP) is 3.00. The van der Waals surface area contributed by atoms with Crippen molar-refractivity contribution in [3.63, 3.8) is 0 Å². The minimum atomic E-state index is -0.323. The summed E-state index contributed by atoms with van der Waals surface area (Å²) in [5.41, 5.74) is 5.89. The third-order valence-electron chi connectivity index (χ3n) is 2.64. The Morgan fingerprint density at radius 3 is 2.33 bits per heavy atom. The third kappa shape index (κ3) is 9.95. The lowest BCUT2D eigenvalue weighted by Crippen LogP contribution is -2.17. The number of aliphatic hydroxyl groups excluding tert-OH is 1. The molecule has 0 radical (unpaired) electrons. The zero-order chi connectivity index (χ0) is 11.5. The molecule has 0 aromatic rings. The van der Waals surface area contributed by atoms with E-state index in [2.05, 4.69) is 6.92 Å². The van der Waals surface area contributed by atoms with E-state index >= 15 is 0 Å². The van der Waals surface area contributed by atoms with Crippen molar-refractivity contribution in [3.05, 3.63) is 12.2 Å². The Hall–Kier alpha value is -0.340. The molecule has 3 N–H and O–H groups in total. The summed E-state index contributed by atoms with van der Waals surface area (Å²) >= 11 is 0. The van der Waals surface area contributed by atoms with Crippen LogP contribution in [0.15, 0.2) is 12.2 Å². The summed E-state index contributed by atoms with van der Waals surface area (Å²) in [7, 11) is 0. The molecule has 2 atom stereocenters. The van der Waals surface area contributed by atoms with Gasteiger partial charge < -0.3 is 10.8 Å². The third-order valence-corrected chi connectivity index (χ3v) is 2.64. The second-order valence-electron chi connectivity index (χ2n) is 4.23. The first-order valence-electron chi connectivity index (χ1n) is 6.32. The molecule has 0 aromatic heterocycles. The molecule has 2 nitrogen and oxygen atoms in total. The van der Waals surface area contributed by atoms with Gasteiger partial charge in [-0.25, -0.2) is 0 Å². The maximum absolute atomic E-state index is 9.31. The highest BCUT2D eigenvalue weighted by molar-refractivity contribution is 4.95. The standard InChI is InChI=1S/C13H27NO/c1-3-5-6-7-8-9-12(14)10-11-13(15)4-2/h10-13,15H,3-9,14H2,1-2H3/b11-10-. The van der Waals surface area contributed by atoms with Crippen molar-refractivity contribution in [1.82, 2.24) is 0 Å². The van der Waals surface area contributed by atoms with Gasteiger partial charge in [-0.2, -0.15) is 0 Å². The van der Waals surface area contributed by atoms with Crippen LogP contribution in [-0.4, -0.2) is 17.3 Å². The van der Waals surface area contributed by atoms with Crippen molar-refractivity contribution in [2.24, 2.45) is 5.73 Å². The Bertz CT molecular complexity index is 157. The normalized spacial score (nSPS) is 15.7. The summed E-state index contributed by atoms with van der Waals surface area (Å²) in [6.07, 6.45) is 11.7. The molecule has 0 aliphatic heterocycles. The molecule has 2 heteroatoms. The number of hydrogen-bond donors (Lipinski definition) is 2. The van der Waals surface area contributed by atoms with E-state index in [0.717, 1.165) is 12.8 Å². The molecule has 0 bridgehead atoms. The van der Waals surface area contributed by atoms with Crippen LogP contribution >= 0.6 is 0 Å². The molecule has 15 heavy (non-hydrogen) atoms. The summed E-state index contributed by atoms with van der Waals surface area (Å²) in [6, 6.07) is 0.118. The van der Waals surface area contributed by atoms with Gasteiger partial charge in [-0.05, 0) is 12.8 Å². The molecule has 0 spiro atoms. The van der Waals surface area contributed by atoms with Gasteiger partial charge in [0.05, 0.1) is 6.10 Å². The van der Waals surface area contributed by atoms with Crippen molar-refractivity contribution in [2.75, 3.05) is 0 Å². The Morgan fingerprint density at radius 2 is 1.73 bits per heavy atom. The zero-order valence-corrected chi connectivity index (χ0v) is 10.3. The van der Waals surface area contributed by atoms with Crippen LogP contribution in [0.2, 0.25) is 0 Å². The van der Waals surface area contributed by atoms with Crippen LogP contribution in [0.3, 0.4) is 0 Å². The molecule has 0 heterocycles. The molecule has 0 fully saturated rings.